The zero-order valence-corrected chi connectivity index (χ0v) is 8.86. The number of aliphatic hydroxyl groups is 1. The third-order valence-electron chi connectivity index (χ3n) is 2.01. The molecule has 0 aliphatic heterocycles. The summed E-state index contributed by atoms with van der Waals surface area (Å²) in [6.45, 7) is 2.03. The van der Waals surface area contributed by atoms with Crippen LogP contribution in [0.1, 0.15) is 22.1 Å². The van der Waals surface area contributed by atoms with Gasteiger partial charge < -0.3 is 5.11 Å². The van der Waals surface area contributed by atoms with Crippen LogP contribution in [-0.4, -0.2) is 5.11 Å². The number of thiophene rings is 2. The highest BCUT2D eigenvalue weighted by atomic mass is 32.1. The molecule has 0 aliphatic carbocycles. The fraction of sp³-hybridized carbons (Fsp3) is 0.200. The Balaban J connectivity index is 2.33. The van der Waals surface area contributed by atoms with Crippen molar-refractivity contribution in [3.8, 4) is 0 Å². The van der Waals surface area contributed by atoms with Gasteiger partial charge in [-0.15, -0.1) is 11.3 Å². The maximum Gasteiger partial charge on any atom is 0.114 e. The molecule has 1 nitrogen and oxygen atoms in total. The summed E-state index contributed by atoms with van der Waals surface area (Å²) in [6.07, 6.45) is -0.439. The summed E-state index contributed by atoms with van der Waals surface area (Å²) < 4.78 is 0. The van der Waals surface area contributed by atoms with Crippen LogP contribution in [0.3, 0.4) is 0 Å². The van der Waals surface area contributed by atoms with Crippen molar-refractivity contribution in [3.63, 3.8) is 0 Å². The lowest BCUT2D eigenvalue weighted by molar-refractivity contribution is 0.224. The van der Waals surface area contributed by atoms with Crippen molar-refractivity contribution in [1.29, 1.82) is 0 Å². The molecule has 68 valence electrons. The predicted molar refractivity (Wildman–Crippen MR) is 57.4 cm³/mol. The molecule has 1 N–H and O–H groups in total. The third kappa shape index (κ3) is 1.68. The van der Waals surface area contributed by atoms with Gasteiger partial charge in [0.25, 0.3) is 0 Å². The van der Waals surface area contributed by atoms with Gasteiger partial charge in [-0.05, 0) is 46.3 Å². The van der Waals surface area contributed by atoms with Crippen molar-refractivity contribution in [3.05, 3.63) is 44.3 Å². The molecule has 2 aromatic heterocycles. The van der Waals surface area contributed by atoms with Gasteiger partial charge in [-0.25, -0.2) is 0 Å². The molecular formula is C10H10OS2. The molecule has 1 atom stereocenters. The molecule has 2 rings (SSSR count). The molecule has 0 aliphatic rings. The van der Waals surface area contributed by atoms with Crippen molar-refractivity contribution in [2.45, 2.75) is 13.0 Å². The van der Waals surface area contributed by atoms with E-state index < -0.39 is 6.10 Å². The SMILES string of the molecule is Cc1ccsc1C(O)c1ccsc1. The molecule has 0 saturated carbocycles. The number of rotatable bonds is 2. The maximum atomic E-state index is 9.97. The van der Waals surface area contributed by atoms with Crippen LogP contribution in [0.15, 0.2) is 28.3 Å². The zero-order valence-electron chi connectivity index (χ0n) is 7.23. The van der Waals surface area contributed by atoms with Crippen molar-refractivity contribution < 1.29 is 5.11 Å². The highest BCUT2D eigenvalue weighted by Crippen LogP contribution is 2.29. The van der Waals surface area contributed by atoms with Crippen molar-refractivity contribution in [2.24, 2.45) is 0 Å². The molecule has 0 bridgehead atoms. The Labute approximate surface area is 85.3 Å². The summed E-state index contributed by atoms with van der Waals surface area (Å²) in [6, 6.07) is 4.00. The fourth-order valence-electron chi connectivity index (χ4n) is 1.25. The van der Waals surface area contributed by atoms with Gasteiger partial charge in [0.2, 0.25) is 0 Å². The van der Waals surface area contributed by atoms with E-state index in [1.807, 2.05) is 35.2 Å². The van der Waals surface area contributed by atoms with Crippen LogP contribution in [-0.2, 0) is 0 Å². The van der Waals surface area contributed by atoms with Crippen LogP contribution >= 0.6 is 22.7 Å². The van der Waals surface area contributed by atoms with Crippen LogP contribution < -0.4 is 0 Å². The lowest BCUT2D eigenvalue weighted by Gasteiger charge is -2.07. The molecular weight excluding hydrogens is 200 g/mol. The Kier molecular flexibility index (Phi) is 2.49. The quantitative estimate of drug-likeness (QED) is 0.807. The van der Waals surface area contributed by atoms with Gasteiger partial charge in [-0.2, -0.15) is 11.3 Å². The number of hydrogen-bond acceptors (Lipinski definition) is 3. The van der Waals surface area contributed by atoms with E-state index in [1.165, 1.54) is 5.56 Å². The molecule has 1 unspecified atom stereocenters. The zero-order chi connectivity index (χ0) is 9.26. The van der Waals surface area contributed by atoms with Crippen molar-refractivity contribution in [1.82, 2.24) is 0 Å². The number of hydrogen-bond donors (Lipinski definition) is 1. The van der Waals surface area contributed by atoms with E-state index in [2.05, 4.69) is 0 Å². The fourth-order valence-corrected chi connectivity index (χ4v) is 2.86. The second-order valence-corrected chi connectivity index (χ2v) is 4.65. The molecule has 13 heavy (non-hydrogen) atoms. The molecule has 3 heteroatoms. The molecule has 0 radical (unpaired) electrons. The molecule has 0 amide bonds. The Morgan fingerprint density at radius 2 is 2.15 bits per heavy atom. The van der Waals surface area contributed by atoms with Gasteiger partial charge >= 0.3 is 0 Å². The second kappa shape index (κ2) is 3.62. The minimum Gasteiger partial charge on any atom is -0.383 e. The second-order valence-electron chi connectivity index (χ2n) is 2.93. The molecule has 0 aromatic carbocycles. The highest BCUT2D eigenvalue weighted by molar-refractivity contribution is 7.10. The topological polar surface area (TPSA) is 20.2 Å². The maximum absolute atomic E-state index is 9.97. The Morgan fingerprint density at radius 3 is 2.69 bits per heavy atom. The summed E-state index contributed by atoms with van der Waals surface area (Å²) in [5.74, 6) is 0. The first-order valence-corrected chi connectivity index (χ1v) is 5.85. The van der Waals surface area contributed by atoms with Gasteiger partial charge in [0, 0.05) is 4.88 Å². The summed E-state index contributed by atoms with van der Waals surface area (Å²) >= 11 is 3.23. The molecule has 2 heterocycles. The first-order chi connectivity index (χ1) is 6.29. The minimum absolute atomic E-state index is 0.439. The van der Waals surface area contributed by atoms with Gasteiger partial charge in [0.1, 0.15) is 6.10 Å². The normalized spacial score (nSPS) is 13.1. The third-order valence-corrected chi connectivity index (χ3v) is 3.78. The van der Waals surface area contributed by atoms with E-state index in [1.54, 1.807) is 22.7 Å². The van der Waals surface area contributed by atoms with E-state index in [4.69, 9.17) is 0 Å². The minimum atomic E-state index is -0.439. The van der Waals surface area contributed by atoms with Crippen LogP contribution in [0, 0.1) is 6.92 Å². The van der Waals surface area contributed by atoms with E-state index in [-0.39, 0.29) is 0 Å². The molecule has 0 saturated heterocycles. The largest absolute Gasteiger partial charge is 0.383 e. The smallest absolute Gasteiger partial charge is 0.114 e. The molecule has 2 aromatic rings. The van der Waals surface area contributed by atoms with Gasteiger partial charge in [0.05, 0.1) is 0 Å². The number of aliphatic hydroxyl groups excluding tert-OH is 1. The lowest BCUT2D eigenvalue weighted by atomic mass is 10.1. The average molecular weight is 210 g/mol. The van der Waals surface area contributed by atoms with Crippen LogP contribution in [0.2, 0.25) is 0 Å². The Morgan fingerprint density at radius 1 is 1.31 bits per heavy atom. The Hall–Kier alpha value is -0.640. The van der Waals surface area contributed by atoms with E-state index in [0.717, 1.165) is 10.4 Å². The van der Waals surface area contributed by atoms with E-state index in [0.29, 0.717) is 0 Å². The summed E-state index contributed by atoms with van der Waals surface area (Å²) in [5, 5.41) is 16.0. The van der Waals surface area contributed by atoms with E-state index >= 15 is 0 Å². The van der Waals surface area contributed by atoms with Gasteiger partial charge in [0.15, 0.2) is 0 Å². The number of aryl methyl sites for hydroxylation is 1. The van der Waals surface area contributed by atoms with Crippen LogP contribution in [0.25, 0.3) is 0 Å². The summed E-state index contributed by atoms with van der Waals surface area (Å²) in [4.78, 5) is 1.05. The van der Waals surface area contributed by atoms with E-state index in [9.17, 15) is 5.11 Å². The first kappa shape index (κ1) is 8.94. The van der Waals surface area contributed by atoms with Crippen LogP contribution in [0.5, 0.6) is 0 Å². The van der Waals surface area contributed by atoms with Gasteiger partial charge in [-0.3, -0.25) is 0 Å². The van der Waals surface area contributed by atoms with Gasteiger partial charge in [-0.1, -0.05) is 0 Å². The first-order valence-electron chi connectivity index (χ1n) is 4.03. The molecule has 0 spiro atoms. The highest BCUT2D eigenvalue weighted by Gasteiger charge is 2.13. The predicted octanol–water partition coefficient (Wildman–Crippen LogP) is 3.20. The Bertz CT molecular complexity index is 375. The summed E-state index contributed by atoms with van der Waals surface area (Å²) in [7, 11) is 0. The van der Waals surface area contributed by atoms with Crippen molar-refractivity contribution >= 4 is 22.7 Å². The lowest BCUT2D eigenvalue weighted by Crippen LogP contribution is -1.96. The standard InChI is InChI=1S/C10H10OS2/c1-7-2-5-13-10(7)9(11)8-3-4-12-6-8/h2-6,9,11H,1H3. The van der Waals surface area contributed by atoms with Crippen molar-refractivity contribution in [2.75, 3.05) is 0 Å². The van der Waals surface area contributed by atoms with Crippen LogP contribution in [0.4, 0.5) is 0 Å². The monoisotopic (exact) mass is 210 g/mol. The molecule has 0 fully saturated rings. The summed E-state index contributed by atoms with van der Waals surface area (Å²) in [5.41, 5.74) is 2.17. The average Bonchev–Trinajstić information content (AvgIpc) is 2.72.